The second-order valence-corrected chi connectivity index (χ2v) is 23.7. The molecule has 20 nitrogen and oxygen atoms in total. The topological polar surface area (TPSA) is 277 Å². The standard InChI is InChI=1S/C63H67N5O15S2/c1-5-6-7-8-9-10-11-12-13-14-15-18-31-79-57-20-17-16-19-54(57)66-59(69)45-25-30-55(56(39-45)68(73)74)67-62(72)53(58(81-67)63(2,3)4)40-80-50-35-46(60(70)64-48-26-21-43-37-51(84-83-82-75)28-23-41(43)33-48)32-47(36-50)61(71)65-49-27-22-44-38-52(85(76,77)78)29-24-42(44)34-49/h16-17,19-30,32-39,75H,5-15,18,31,40H2,1-4H3,(H,64,70)(H,65,71)(H,66,69)(H,76,77,78). The normalized spacial score (nSPS) is 11.6. The third-order valence-corrected chi connectivity index (χ3v) is 15.5. The molecule has 3 amide bonds. The van der Waals surface area contributed by atoms with E-state index in [2.05, 4.69) is 32.2 Å². The lowest BCUT2D eigenvalue weighted by atomic mass is 9.91. The Morgan fingerprint density at radius 3 is 1.82 bits per heavy atom. The highest BCUT2D eigenvalue weighted by Crippen LogP contribution is 2.33. The molecule has 1 heterocycles. The number of amides is 3. The molecule has 0 aliphatic heterocycles. The van der Waals surface area contributed by atoms with Gasteiger partial charge in [0.2, 0.25) is 0 Å². The van der Waals surface area contributed by atoms with E-state index in [1.165, 1.54) is 112 Å². The lowest BCUT2D eigenvalue weighted by Crippen LogP contribution is -2.21. The summed E-state index contributed by atoms with van der Waals surface area (Å²) in [6.45, 7) is 7.47. The fourth-order valence-corrected chi connectivity index (χ4v) is 10.6. The van der Waals surface area contributed by atoms with Crippen molar-refractivity contribution in [1.82, 2.24) is 4.74 Å². The molecule has 0 atom stereocenters. The number of hydrogen-bond donors (Lipinski definition) is 5. The molecule has 446 valence electrons. The first kappa shape index (κ1) is 62.7. The number of ether oxygens (including phenoxy) is 2. The second-order valence-electron chi connectivity index (χ2n) is 21.5. The molecule has 0 spiro atoms. The third kappa shape index (κ3) is 16.9. The van der Waals surface area contributed by atoms with Crippen LogP contribution >= 0.6 is 12.0 Å². The summed E-state index contributed by atoms with van der Waals surface area (Å²) in [6, 6.07) is 33.7. The van der Waals surface area contributed by atoms with Crippen LogP contribution in [0.25, 0.3) is 27.2 Å². The van der Waals surface area contributed by atoms with Crippen molar-refractivity contribution in [3.63, 3.8) is 0 Å². The van der Waals surface area contributed by atoms with Crippen LogP contribution < -0.4 is 31.0 Å². The van der Waals surface area contributed by atoms with Gasteiger partial charge in [-0.2, -0.15) is 8.42 Å². The van der Waals surface area contributed by atoms with E-state index in [0.717, 1.165) is 52.9 Å². The summed E-state index contributed by atoms with van der Waals surface area (Å²) in [6.07, 6.45) is 14.5. The van der Waals surface area contributed by atoms with Gasteiger partial charge in [-0.05, 0) is 119 Å². The van der Waals surface area contributed by atoms with Crippen molar-refractivity contribution < 1.29 is 60.9 Å². The number of carbonyl (C=O) groups is 3. The second kappa shape index (κ2) is 28.9. The smallest absolute Gasteiger partial charge is 0.297 e. The summed E-state index contributed by atoms with van der Waals surface area (Å²) in [5.74, 6) is -1.45. The highest BCUT2D eigenvalue weighted by atomic mass is 32.2. The molecule has 0 fully saturated rings. The van der Waals surface area contributed by atoms with Crippen LogP contribution in [-0.2, 0) is 31.5 Å². The van der Waals surface area contributed by atoms with E-state index in [1.807, 2.05) is 0 Å². The van der Waals surface area contributed by atoms with Crippen LogP contribution in [0, 0.1) is 10.1 Å². The molecular weight excluding hydrogens is 1130 g/mol. The molecule has 8 rings (SSSR count). The molecule has 0 radical (unpaired) electrons. The Morgan fingerprint density at radius 1 is 0.659 bits per heavy atom. The number of hydrogen-bond acceptors (Lipinski definition) is 15. The van der Waals surface area contributed by atoms with Crippen molar-refractivity contribution in [3.8, 4) is 17.2 Å². The van der Waals surface area contributed by atoms with E-state index in [4.69, 9.17) is 19.3 Å². The quantitative estimate of drug-likeness (QED) is 0.00728. The Kier molecular flexibility index (Phi) is 21.3. The molecule has 0 unspecified atom stereocenters. The first-order valence-corrected chi connectivity index (χ1v) is 30.2. The molecule has 22 heteroatoms. The molecule has 0 saturated heterocycles. The first-order chi connectivity index (χ1) is 40.8. The number of rotatable bonds is 29. The van der Waals surface area contributed by atoms with E-state index in [0.29, 0.717) is 45.1 Å². The largest absolute Gasteiger partial charge is 0.491 e. The Balaban J connectivity index is 1.00. The van der Waals surface area contributed by atoms with Gasteiger partial charge in [-0.25, -0.2) is 5.26 Å². The molecule has 7 aromatic carbocycles. The predicted molar refractivity (Wildman–Crippen MR) is 326 cm³/mol. The van der Waals surface area contributed by atoms with Gasteiger partial charge < -0.3 is 29.9 Å². The number of anilines is 3. The zero-order valence-electron chi connectivity index (χ0n) is 47.5. The number of nitrogens with one attached hydrogen (secondary N) is 3. The maximum Gasteiger partial charge on any atom is 0.297 e. The molecular formula is C63H67N5O15S2. The molecule has 5 N–H and O–H groups in total. The number of para-hydroxylation sites is 2. The van der Waals surface area contributed by atoms with Crippen LogP contribution in [-0.4, -0.2) is 52.2 Å². The fraction of sp³-hybridized carbons (Fsp3) is 0.302. The van der Waals surface area contributed by atoms with Crippen molar-refractivity contribution >= 4 is 84.2 Å². The van der Waals surface area contributed by atoms with Crippen molar-refractivity contribution in [1.29, 1.82) is 0 Å². The number of fused-ring (bicyclic) bond motifs is 2. The summed E-state index contributed by atoms with van der Waals surface area (Å²) in [5, 5.41) is 36.0. The van der Waals surface area contributed by atoms with Gasteiger partial charge in [0.25, 0.3) is 39.1 Å². The van der Waals surface area contributed by atoms with Gasteiger partial charge in [-0.1, -0.05) is 140 Å². The lowest BCUT2D eigenvalue weighted by molar-refractivity contribution is -0.432. The predicted octanol–water partition coefficient (Wildman–Crippen LogP) is 15.0. The summed E-state index contributed by atoms with van der Waals surface area (Å²) < 4.78 is 56.9. The van der Waals surface area contributed by atoms with Gasteiger partial charge in [-0.15, -0.1) is 9.07 Å². The summed E-state index contributed by atoms with van der Waals surface area (Å²) in [5.41, 5.74) is -1.67. The van der Waals surface area contributed by atoms with Gasteiger partial charge in [0, 0.05) is 44.4 Å². The molecule has 0 aliphatic carbocycles. The lowest BCUT2D eigenvalue weighted by Gasteiger charge is -2.16. The van der Waals surface area contributed by atoms with E-state index < -0.39 is 56.0 Å². The van der Waals surface area contributed by atoms with Gasteiger partial charge in [-0.3, -0.25) is 33.8 Å². The van der Waals surface area contributed by atoms with E-state index in [-0.39, 0.29) is 44.3 Å². The average Bonchev–Trinajstić information content (AvgIpc) is 3.14. The van der Waals surface area contributed by atoms with Crippen LogP contribution in [0.15, 0.2) is 153 Å². The zero-order valence-corrected chi connectivity index (χ0v) is 49.1. The zero-order chi connectivity index (χ0) is 60.7. The Morgan fingerprint density at radius 2 is 1.22 bits per heavy atom. The van der Waals surface area contributed by atoms with Gasteiger partial charge in [0.1, 0.15) is 18.1 Å². The highest BCUT2D eigenvalue weighted by molar-refractivity contribution is 7.94. The summed E-state index contributed by atoms with van der Waals surface area (Å²) in [4.78, 5) is 68.9. The van der Waals surface area contributed by atoms with Crippen LogP contribution in [0.1, 0.15) is 147 Å². The highest BCUT2D eigenvalue weighted by Gasteiger charge is 2.32. The monoisotopic (exact) mass is 1200 g/mol. The number of carbonyl (C=O) groups excluding carboxylic acids is 3. The van der Waals surface area contributed by atoms with Crippen LogP contribution in [0.4, 0.5) is 22.7 Å². The Bertz CT molecular complexity index is 3890. The summed E-state index contributed by atoms with van der Waals surface area (Å²) >= 11 is 0.789. The minimum atomic E-state index is -4.47. The van der Waals surface area contributed by atoms with E-state index >= 15 is 0 Å². The molecule has 1 aromatic heterocycles. The summed E-state index contributed by atoms with van der Waals surface area (Å²) in [7, 11) is -4.47. The number of nitro benzene ring substituents is 1. The Labute approximate surface area is 495 Å². The maximum absolute atomic E-state index is 14.5. The minimum Gasteiger partial charge on any atom is -0.491 e. The van der Waals surface area contributed by atoms with Crippen molar-refractivity contribution in [3.05, 3.63) is 182 Å². The number of nitro groups is 1. The van der Waals surface area contributed by atoms with Gasteiger partial charge >= 0.3 is 0 Å². The molecule has 0 saturated carbocycles. The van der Waals surface area contributed by atoms with Crippen LogP contribution in [0.2, 0.25) is 0 Å². The number of unbranched alkanes of at least 4 members (excludes halogenated alkanes) is 11. The van der Waals surface area contributed by atoms with E-state index in [9.17, 15) is 42.3 Å². The van der Waals surface area contributed by atoms with Crippen LogP contribution in [0.3, 0.4) is 0 Å². The average molecular weight is 1200 g/mol. The minimum absolute atomic E-state index is 0.0295. The van der Waals surface area contributed by atoms with Gasteiger partial charge in [0.05, 0.1) is 39.7 Å². The van der Waals surface area contributed by atoms with Crippen molar-refractivity contribution in [2.45, 2.75) is 127 Å². The number of nitrogens with zero attached hydrogens (tertiary/aromatic N) is 2. The molecule has 0 aliphatic rings. The number of benzene rings is 7. The third-order valence-electron chi connectivity index (χ3n) is 14.0. The molecule has 8 aromatic rings. The Hall–Kier alpha value is -8.38. The SMILES string of the molecule is CCCCCCCCCCCCCCOc1ccccc1NC(=O)c1ccc(-n2oc(C(C)(C)C)c(COc3cc(C(=O)Nc4ccc5cc(SOOO)ccc5c4)cc(C(=O)Nc4ccc5cc(S(=O)(=O)O)ccc5c4)c3)c2=O)c([N+](=O)[O-])c1. The molecule has 85 heavy (non-hydrogen) atoms. The maximum atomic E-state index is 14.5. The van der Waals surface area contributed by atoms with Crippen molar-refractivity contribution in [2.24, 2.45) is 0 Å². The van der Waals surface area contributed by atoms with E-state index in [1.54, 1.807) is 93.6 Å². The first-order valence-electron chi connectivity index (χ1n) is 28.0. The fourth-order valence-electron chi connectivity index (χ4n) is 9.66. The molecule has 0 bridgehead atoms. The van der Waals surface area contributed by atoms with Crippen LogP contribution in [0.5, 0.6) is 11.5 Å². The van der Waals surface area contributed by atoms with Crippen molar-refractivity contribution in [2.75, 3.05) is 22.6 Å². The van der Waals surface area contributed by atoms with Gasteiger partial charge in [0.15, 0.2) is 11.4 Å². The number of aromatic nitrogens is 1.